The predicted octanol–water partition coefficient (Wildman–Crippen LogP) is 4.81. The van der Waals surface area contributed by atoms with Crippen molar-refractivity contribution in [3.05, 3.63) is 89.2 Å². The van der Waals surface area contributed by atoms with Gasteiger partial charge in [0.15, 0.2) is 0 Å². The summed E-state index contributed by atoms with van der Waals surface area (Å²) in [5.74, 6) is -1.03. The molecule has 2 N–H and O–H groups in total. The van der Waals surface area contributed by atoms with Crippen molar-refractivity contribution < 1.29 is 14.0 Å². The molecule has 0 unspecified atom stereocenters. The maximum atomic E-state index is 13.2. The van der Waals surface area contributed by atoms with Crippen LogP contribution in [0.4, 0.5) is 21.5 Å². The van der Waals surface area contributed by atoms with Crippen LogP contribution in [0.3, 0.4) is 0 Å². The summed E-state index contributed by atoms with van der Waals surface area (Å²) in [6, 6.07) is 20.1. The number of nitrogens with zero attached hydrogens (tertiary/aromatic N) is 1. The molecule has 3 aromatic rings. The van der Waals surface area contributed by atoms with Crippen molar-refractivity contribution >= 4 is 40.5 Å². The molecule has 0 aliphatic heterocycles. The van der Waals surface area contributed by atoms with Crippen molar-refractivity contribution in [3.8, 4) is 0 Å². The molecule has 5 nitrogen and oxygen atoms in total. The summed E-state index contributed by atoms with van der Waals surface area (Å²) >= 11 is 5.72. The van der Waals surface area contributed by atoms with E-state index in [1.54, 1.807) is 36.2 Å². The number of anilines is 3. The lowest BCUT2D eigenvalue weighted by atomic mass is 10.1. The highest BCUT2D eigenvalue weighted by atomic mass is 35.5. The van der Waals surface area contributed by atoms with Crippen LogP contribution in [0.2, 0.25) is 5.02 Å². The summed E-state index contributed by atoms with van der Waals surface area (Å²) in [5, 5.41) is 5.58. The fourth-order valence-corrected chi connectivity index (χ4v) is 2.87. The third-order valence-electron chi connectivity index (χ3n) is 4.21. The van der Waals surface area contributed by atoms with Crippen LogP contribution < -0.4 is 15.5 Å². The third kappa shape index (κ3) is 5.33. The van der Waals surface area contributed by atoms with Gasteiger partial charge >= 0.3 is 0 Å². The second kappa shape index (κ2) is 9.21. The first-order valence-corrected chi connectivity index (χ1v) is 9.24. The van der Waals surface area contributed by atoms with Gasteiger partial charge in [0, 0.05) is 29.7 Å². The first-order chi connectivity index (χ1) is 13.9. The minimum Gasteiger partial charge on any atom is -0.376 e. The molecule has 3 rings (SSSR count). The molecule has 0 spiro atoms. The zero-order valence-corrected chi connectivity index (χ0v) is 16.4. The monoisotopic (exact) mass is 411 g/mol. The summed E-state index contributed by atoms with van der Waals surface area (Å²) in [7, 11) is 1.70. The molecule has 0 saturated heterocycles. The van der Waals surface area contributed by atoms with E-state index in [4.69, 9.17) is 11.6 Å². The number of halogens is 2. The summed E-state index contributed by atoms with van der Waals surface area (Å²) in [4.78, 5) is 26.5. The van der Waals surface area contributed by atoms with Gasteiger partial charge in [-0.25, -0.2) is 4.39 Å². The van der Waals surface area contributed by atoms with E-state index >= 15 is 0 Å². The van der Waals surface area contributed by atoms with Crippen LogP contribution in [-0.2, 0) is 4.79 Å². The smallest absolute Gasteiger partial charge is 0.258 e. The van der Waals surface area contributed by atoms with Gasteiger partial charge in [-0.05, 0) is 48.5 Å². The minimum atomic E-state index is -0.524. The van der Waals surface area contributed by atoms with Crippen molar-refractivity contribution in [2.24, 2.45) is 0 Å². The Morgan fingerprint density at radius 1 is 0.966 bits per heavy atom. The summed E-state index contributed by atoms with van der Waals surface area (Å²) in [5.41, 5.74) is 2.25. The Balaban J connectivity index is 1.62. The second-order valence-corrected chi connectivity index (χ2v) is 6.72. The van der Waals surface area contributed by atoms with Crippen molar-refractivity contribution in [1.82, 2.24) is 0 Å². The molecule has 3 aromatic carbocycles. The highest BCUT2D eigenvalue weighted by Crippen LogP contribution is 2.20. The molecule has 0 heterocycles. The molecule has 0 bridgehead atoms. The van der Waals surface area contributed by atoms with Crippen LogP contribution in [0.25, 0.3) is 0 Å². The van der Waals surface area contributed by atoms with E-state index < -0.39 is 5.82 Å². The Morgan fingerprint density at radius 3 is 2.45 bits per heavy atom. The molecular formula is C22H19ClFN3O2. The number of benzene rings is 3. The van der Waals surface area contributed by atoms with E-state index in [1.807, 2.05) is 30.3 Å². The lowest BCUT2D eigenvalue weighted by Crippen LogP contribution is -2.26. The van der Waals surface area contributed by atoms with Crippen molar-refractivity contribution in [3.63, 3.8) is 0 Å². The largest absolute Gasteiger partial charge is 0.376 e. The van der Waals surface area contributed by atoms with Crippen LogP contribution in [-0.4, -0.2) is 25.4 Å². The van der Waals surface area contributed by atoms with Crippen molar-refractivity contribution in [2.75, 3.05) is 29.1 Å². The van der Waals surface area contributed by atoms with Crippen LogP contribution >= 0.6 is 11.6 Å². The number of carbonyl (C=O) groups is 2. The number of nitrogens with one attached hydrogen (secondary N) is 2. The molecule has 0 aliphatic rings. The fraction of sp³-hybridized carbons (Fsp3) is 0.0909. The Labute approximate surface area is 173 Å². The van der Waals surface area contributed by atoms with Crippen LogP contribution in [0.1, 0.15) is 10.4 Å². The average Bonchev–Trinajstić information content (AvgIpc) is 2.74. The number of carbonyl (C=O) groups excluding carboxylic acids is 2. The van der Waals surface area contributed by atoms with Gasteiger partial charge in [-0.3, -0.25) is 9.59 Å². The Kier molecular flexibility index (Phi) is 6.46. The summed E-state index contributed by atoms with van der Waals surface area (Å²) in [6.45, 7) is -0.0376. The summed E-state index contributed by atoms with van der Waals surface area (Å²) in [6.07, 6.45) is 0. The average molecular weight is 412 g/mol. The van der Waals surface area contributed by atoms with Gasteiger partial charge in [-0.15, -0.1) is 0 Å². The maximum Gasteiger partial charge on any atom is 0.258 e. The molecule has 0 fully saturated rings. The van der Waals surface area contributed by atoms with E-state index in [1.165, 1.54) is 18.2 Å². The van der Waals surface area contributed by atoms with Gasteiger partial charge in [0.1, 0.15) is 5.82 Å². The number of rotatable bonds is 6. The van der Waals surface area contributed by atoms with Gasteiger partial charge in [0.05, 0.1) is 11.6 Å². The standard InChI is InChI=1S/C22H19ClFN3O2/c1-27(18-8-3-2-4-9-18)22(29)15-6-5-7-17(12-15)26-21(28)14-25-16-10-11-20(24)19(23)13-16/h2-13,25H,14H2,1H3,(H,26,28). The number of amides is 2. The SMILES string of the molecule is CN(C(=O)c1cccc(NC(=O)CNc2ccc(F)c(Cl)c2)c1)c1ccccc1. The van der Waals surface area contributed by atoms with E-state index in [-0.39, 0.29) is 23.4 Å². The van der Waals surface area contributed by atoms with E-state index in [0.717, 1.165) is 5.69 Å². The van der Waals surface area contributed by atoms with Crippen LogP contribution in [0.15, 0.2) is 72.8 Å². The molecule has 0 atom stereocenters. The van der Waals surface area contributed by atoms with Crippen LogP contribution in [0.5, 0.6) is 0 Å². The number of para-hydroxylation sites is 1. The Morgan fingerprint density at radius 2 is 1.72 bits per heavy atom. The fourth-order valence-electron chi connectivity index (χ4n) is 2.69. The quantitative estimate of drug-likeness (QED) is 0.612. The van der Waals surface area contributed by atoms with E-state index in [0.29, 0.717) is 16.9 Å². The van der Waals surface area contributed by atoms with E-state index in [9.17, 15) is 14.0 Å². The number of hydrogen-bond donors (Lipinski definition) is 2. The lowest BCUT2D eigenvalue weighted by molar-refractivity contribution is -0.114. The molecular weight excluding hydrogens is 393 g/mol. The van der Waals surface area contributed by atoms with E-state index in [2.05, 4.69) is 10.6 Å². The predicted molar refractivity (Wildman–Crippen MR) is 114 cm³/mol. The minimum absolute atomic E-state index is 0.0239. The zero-order chi connectivity index (χ0) is 20.8. The van der Waals surface area contributed by atoms with Crippen molar-refractivity contribution in [2.45, 2.75) is 0 Å². The van der Waals surface area contributed by atoms with Gasteiger partial charge in [0.25, 0.3) is 5.91 Å². The first kappa shape index (κ1) is 20.4. The second-order valence-electron chi connectivity index (χ2n) is 6.31. The summed E-state index contributed by atoms with van der Waals surface area (Å²) < 4.78 is 13.2. The third-order valence-corrected chi connectivity index (χ3v) is 4.50. The number of hydrogen-bond acceptors (Lipinski definition) is 3. The normalized spacial score (nSPS) is 10.3. The molecule has 0 saturated carbocycles. The van der Waals surface area contributed by atoms with Crippen LogP contribution in [0, 0.1) is 5.82 Å². The van der Waals surface area contributed by atoms with Gasteiger partial charge in [-0.2, -0.15) is 0 Å². The molecule has 0 radical (unpaired) electrons. The molecule has 0 aromatic heterocycles. The highest BCUT2D eigenvalue weighted by Gasteiger charge is 2.14. The molecule has 7 heteroatoms. The topological polar surface area (TPSA) is 61.4 Å². The molecule has 2 amide bonds. The Bertz CT molecular complexity index is 1030. The van der Waals surface area contributed by atoms with Gasteiger partial charge < -0.3 is 15.5 Å². The van der Waals surface area contributed by atoms with Crippen molar-refractivity contribution in [1.29, 1.82) is 0 Å². The zero-order valence-electron chi connectivity index (χ0n) is 15.7. The molecule has 0 aliphatic carbocycles. The molecule has 29 heavy (non-hydrogen) atoms. The lowest BCUT2D eigenvalue weighted by Gasteiger charge is -2.17. The van der Waals surface area contributed by atoms with Gasteiger partial charge in [-0.1, -0.05) is 35.9 Å². The maximum absolute atomic E-state index is 13.2. The highest BCUT2D eigenvalue weighted by molar-refractivity contribution is 6.31. The van der Waals surface area contributed by atoms with Gasteiger partial charge in [0.2, 0.25) is 5.91 Å². The Hall–Kier alpha value is -3.38. The molecule has 148 valence electrons. The first-order valence-electron chi connectivity index (χ1n) is 8.86.